The molecule has 2 fully saturated rings. The Labute approximate surface area is 193 Å². The quantitative estimate of drug-likeness (QED) is 0.439. The zero-order valence-corrected chi connectivity index (χ0v) is 21.8. The highest BCUT2D eigenvalue weighted by molar-refractivity contribution is 5.34. The van der Waals surface area contributed by atoms with E-state index < -0.39 is 0 Å². The van der Waals surface area contributed by atoms with Gasteiger partial charge in [0.25, 0.3) is 0 Å². The van der Waals surface area contributed by atoms with Gasteiger partial charge in [0.2, 0.25) is 0 Å². The van der Waals surface area contributed by atoms with Crippen molar-refractivity contribution in [2.24, 2.45) is 51.2 Å². The minimum Gasteiger partial charge on any atom is -0.392 e. The Morgan fingerprint density at radius 3 is 2.35 bits per heavy atom. The fourth-order valence-electron chi connectivity index (χ4n) is 9.11. The van der Waals surface area contributed by atoms with Crippen LogP contribution in [0.25, 0.3) is 0 Å². The third-order valence-electron chi connectivity index (χ3n) is 11.4. The number of hydrogen-bond acceptors (Lipinski definition) is 1. The molecule has 0 spiro atoms. The van der Waals surface area contributed by atoms with E-state index in [2.05, 4.69) is 73.6 Å². The lowest BCUT2D eigenvalue weighted by Crippen LogP contribution is -2.58. The standard InChI is InChI=1S/C30H50O/c1-20(2)10-9-11-21(3)22-14-18-30(8)24-12-13-25-27(4,5)26(31)16-17-28(25,6)23(24)15-19-29(22,30)7/h13-14,18,20-24,26,31H,9-12,15-17,19H2,1-8H3/t21-,22+,23-,24+,26+,28+,29+,30-/m0/s1. The van der Waals surface area contributed by atoms with Gasteiger partial charge in [-0.15, -0.1) is 0 Å². The maximum Gasteiger partial charge on any atom is 0.0628 e. The Kier molecular flexibility index (Phi) is 5.90. The van der Waals surface area contributed by atoms with Crippen LogP contribution in [-0.2, 0) is 0 Å². The molecule has 4 rings (SSSR count). The van der Waals surface area contributed by atoms with Crippen molar-refractivity contribution in [2.45, 2.75) is 113 Å². The molecule has 2 saturated carbocycles. The molecule has 4 aliphatic rings. The Morgan fingerprint density at radius 1 is 0.968 bits per heavy atom. The number of aliphatic hydroxyl groups excluding tert-OH is 1. The fourth-order valence-corrected chi connectivity index (χ4v) is 9.11. The van der Waals surface area contributed by atoms with Gasteiger partial charge in [0, 0.05) is 5.41 Å². The van der Waals surface area contributed by atoms with Crippen molar-refractivity contribution in [3.05, 3.63) is 23.8 Å². The van der Waals surface area contributed by atoms with Gasteiger partial charge in [0.05, 0.1) is 6.10 Å². The maximum absolute atomic E-state index is 10.8. The van der Waals surface area contributed by atoms with Crippen LogP contribution in [0.5, 0.6) is 0 Å². The number of aliphatic hydroxyl groups is 1. The fraction of sp³-hybridized carbons (Fsp3) is 0.867. The van der Waals surface area contributed by atoms with Crippen LogP contribution in [0.2, 0.25) is 0 Å². The minimum atomic E-state index is -0.185. The largest absolute Gasteiger partial charge is 0.392 e. The number of rotatable bonds is 5. The van der Waals surface area contributed by atoms with Crippen molar-refractivity contribution < 1.29 is 5.11 Å². The first-order valence-electron chi connectivity index (χ1n) is 13.5. The summed E-state index contributed by atoms with van der Waals surface area (Å²) in [6.07, 6.45) is 17.9. The molecule has 176 valence electrons. The lowest BCUT2D eigenvalue weighted by atomic mass is 9.40. The van der Waals surface area contributed by atoms with E-state index in [9.17, 15) is 5.11 Å². The molecule has 0 amide bonds. The number of allylic oxidation sites excluding steroid dienone is 3. The first-order chi connectivity index (χ1) is 14.4. The van der Waals surface area contributed by atoms with E-state index in [4.69, 9.17) is 0 Å². The summed E-state index contributed by atoms with van der Waals surface area (Å²) in [5.74, 6) is 3.85. The molecule has 0 aromatic carbocycles. The summed E-state index contributed by atoms with van der Waals surface area (Å²) in [4.78, 5) is 0. The first-order valence-corrected chi connectivity index (χ1v) is 13.5. The highest BCUT2D eigenvalue weighted by atomic mass is 16.3. The van der Waals surface area contributed by atoms with Gasteiger partial charge in [-0.3, -0.25) is 0 Å². The molecule has 0 heterocycles. The van der Waals surface area contributed by atoms with Crippen molar-refractivity contribution in [3.8, 4) is 0 Å². The van der Waals surface area contributed by atoms with Crippen molar-refractivity contribution in [1.82, 2.24) is 0 Å². The average Bonchev–Trinajstić information content (AvgIpc) is 2.96. The van der Waals surface area contributed by atoms with Gasteiger partial charge in [-0.1, -0.05) is 98.5 Å². The van der Waals surface area contributed by atoms with Crippen LogP contribution >= 0.6 is 0 Å². The zero-order chi connectivity index (χ0) is 22.8. The molecule has 1 N–H and O–H groups in total. The van der Waals surface area contributed by atoms with Crippen molar-refractivity contribution in [2.75, 3.05) is 0 Å². The molecular formula is C30H50O. The zero-order valence-electron chi connectivity index (χ0n) is 21.8. The van der Waals surface area contributed by atoms with Gasteiger partial charge in [0.1, 0.15) is 0 Å². The topological polar surface area (TPSA) is 20.2 Å². The molecule has 0 aromatic heterocycles. The molecule has 0 radical (unpaired) electrons. The normalized spacial score (nSPS) is 46.8. The molecule has 1 heteroatoms. The van der Waals surface area contributed by atoms with Gasteiger partial charge < -0.3 is 5.11 Å². The molecule has 0 aromatic rings. The molecule has 8 atom stereocenters. The van der Waals surface area contributed by atoms with Gasteiger partial charge >= 0.3 is 0 Å². The van der Waals surface area contributed by atoms with Gasteiger partial charge in [-0.2, -0.15) is 0 Å². The summed E-state index contributed by atoms with van der Waals surface area (Å²) < 4.78 is 0. The first kappa shape index (κ1) is 23.6. The molecule has 0 aliphatic heterocycles. The summed E-state index contributed by atoms with van der Waals surface area (Å²) >= 11 is 0. The summed E-state index contributed by atoms with van der Waals surface area (Å²) in [6, 6.07) is 0. The van der Waals surface area contributed by atoms with E-state index >= 15 is 0 Å². The highest BCUT2D eigenvalue weighted by Gasteiger charge is 2.64. The predicted octanol–water partition coefficient (Wildman–Crippen LogP) is 8.19. The molecule has 0 unspecified atom stereocenters. The van der Waals surface area contributed by atoms with Gasteiger partial charge in [-0.05, 0) is 77.9 Å². The van der Waals surface area contributed by atoms with Crippen molar-refractivity contribution in [1.29, 1.82) is 0 Å². The Bertz CT molecular complexity index is 744. The van der Waals surface area contributed by atoms with E-state index in [1.54, 1.807) is 5.57 Å². The average molecular weight is 427 g/mol. The lowest BCUT2D eigenvalue weighted by molar-refractivity contribution is -0.111. The Balaban J connectivity index is 1.60. The highest BCUT2D eigenvalue weighted by Crippen LogP contribution is 2.71. The van der Waals surface area contributed by atoms with E-state index in [0.29, 0.717) is 10.8 Å². The van der Waals surface area contributed by atoms with Crippen LogP contribution in [-0.4, -0.2) is 11.2 Å². The van der Waals surface area contributed by atoms with Crippen LogP contribution in [0, 0.1) is 51.2 Å². The van der Waals surface area contributed by atoms with E-state index in [0.717, 1.165) is 42.4 Å². The summed E-state index contributed by atoms with van der Waals surface area (Å²) in [5.41, 5.74) is 2.48. The monoisotopic (exact) mass is 426 g/mol. The molecule has 0 saturated heterocycles. The van der Waals surface area contributed by atoms with Crippen molar-refractivity contribution in [3.63, 3.8) is 0 Å². The van der Waals surface area contributed by atoms with Crippen LogP contribution in [0.3, 0.4) is 0 Å². The Hall–Kier alpha value is -0.560. The van der Waals surface area contributed by atoms with E-state index in [-0.39, 0.29) is 16.9 Å². The van der Waals surface area contributed by atoms with Crippen LogP contribution in [0.15, 0.2) is 23.8 Å². The summed E-state index contributed by atoms with van der Waals surface area (Å²) in [5, 5.41) is 10.8. The van der Waals surface area contributed by atoms with Gasteiger partial charge in [-0.25, -0.2) is 0 Å². The molecule has 31 heavy (non-hydrogen) atoms. The third-order valence-corrected chi connectivity index (χ3v) is 11.4. The van der Waals surface area contributed by atoms with Crippen LogP contribution in [0.1, 0.15) is 107 Å². The van der Waals surface area contributed by atoms with Crippen LogP contribution in [0.4, 0.5) is 0 Å². The van der Waals surface area contributed by atoms with Crippen molar-refractivity contribution >= 4 is 0 Å². The number of fused-ring (bicyclic) bond motifs is 5. The molecular weight excluding hydrogens is 376 g/mol. The SMILES string of the molecule is CC(C)CCC[C@H](C)[C@H]1C=C[C@@]2(C)[C@@H]3CC=C4C(C)(C)[C@H](O)CC[C@]4(C)[C@H]3CC[C@]12C. The second kappa shape index (κ2) is 7.75. The smallest absolute Gasteiger partial charge is 0.0628 e. The second-order valence-corrected chi connectivity index (χ2v) is 13.7. The maximum atomic E-state index is 10.8. The number of hydrogen-bond donors (Lipinski definition) is 1. The van der Waals surface area contributed by atoms with E-state index in [1.807, 2.05) is 0 Å². The predicted molar refractivity (Wildman–Crippen MR) is 133 cm³/mol. The second-order valence-electron chi connectivity index (χ2n) is 13.7. The summed E-state index contributed by atoms with van der Waals surface area (Å²) in [6.45, 7) is 19.6. The van der Waals surface area contributed by atoms with Gasteiger partial charge in [0.15, 0.2) is 0 Å². The van der Waals surface area contributed by atoms with E-state index in [1.165, 1.54) is 38.5 Å². The third kappa shape index (κ3) is 3.34. The molecule has 0 bridgehead atoms. The Morgan fingerprint density at radius 2 is 1.68 bits per heavy atom. The molecule has 1 nitrogen and oxygen atoms in total. The lowest BCUT2D eigenvalue weighted by Gasteiger charge is -2.64. The van der Waals surface area contributed by atoms with Crippen LogP contribution < -0.4 is 0 Å². The minimum absolute atomic E-state index is 0.0708. The molecule has 4 aliphatic carbocycles. The summed E-state index contributed by atoms with van der Waals surface area (Å²) in [7, 11) is 0.